The van der Waals surface area contributed by atoms with Crippen LogP contribution in [0, 0.1) is 5.41 Å². The Morgan fingerprint density at radius 2 is 2.17 bits per heavy atom. The minimum Gasteiger partial charge on any atom is -0.351 e. The second kappa shape index (κ2) is 4.72. The van der Waals surface area contributed by atoms with Crippen molar-refractivity contribution in [1.29, 1.82) is 0 Å². The molecule has 1 N–H and O–H groups in total. The Labute approximate surface area is 112 Å². The van der Waals surface area contributed by atoms with E-state index in [1.807, 2.05) is 25.7 Å². The summed E-state index contributed by atoms with van der Waals surface area (Å²) in [5, 5.41) is 3.55. The summed E-state index contributed by atoms with van der Waals surface area (Å²) in [6, 6.07) is 0.169. The first-order valence-corrected chi connectivity index (χ1v) is 6.27. The number of amides is 1. The molecule has 1 aliphatic heterocycles. The molecule has 2 heterocycles. The molecule has 1 aromatic heterocycles. The van der Waals surface area contributed by atoms with Crippen LogP contribution in [0.1, 0.15) is 20.8 Å². The average Bonchev–Trinajstić information content (AvgIpc) is 2.22. The summed E-state index contributed by atoms with van der Waals surface area (Å²) in [7, 11) is 0. The minimum absolute atomic E-state index is 0.0703. The van der Waals surface area contributed by atoms with Crippen molar-refractivity contribution in [1.82, 2.24) is 15.3 Å². The summed E-state index contributed by atoms with van der Waals surface area (Å²) in [6.07, 6.45) is 3.05. The second-order valence-electron chi connectivity index (χ2n) is 5.52. The molecular formula is C12H17ClN4O. The van der Waals surface area contributed by atoms with Crippen molar-refractivity contribution in [2.45, 2.75) is 26.8 Å². The van der Waals surface area contributed by atoms with Gasteiger partial charge in [-0.15, -0.1) is 0 Å². The molecule has 2 rings (SSSR count). The van der Waals surface area contributed by atoms with Crippen LogP contribution >= 0.6 is 11.6 Å². The summed E-state index contributed by atoms with van der Waals surface area (Å²) in [5.74, 6) is 0.800. The second-order valence-corrected chi connectivity index (χ2v) is 5.93. The third-order valence-corrected chi connectivity index (χ3v) is 3.11. The number of carbonyl (C=O) groups excluding carboxylic acids is 1. The van der Waals surface area contributed by atoms with Crippen LogP contribution < -0.4 is 10.2 Å². The molecule has 1 aromatic rings. The molecule has 1 saturated heterocycles. The van der Waals surface area contributed by atoms with Gasteiger partial charge in [0, 0.05) is 18.5 Å². The maximum absolute atomic E-state index is 11.8. The van der Waals surface area contributed by atoms with Crippen molar-refractivity contribution in [3.63, 3.8) is 0 Å². The normalized spacial score (nSPS) is 16.3. The topological polar surface area (TPSA) is 58.1 Å². The van der Waals surface area contributed by atoms with Gasteiger partial charge < -0.3 is 10.2 Å². The number of hydrogen-bond acceptors (Lipinski definition) is 4. The van der Waals surface area contributed by atoms with Gasteiger partial charge in [-0.3, -0.25) is 4.79 Å². The van der Waals surface area contributed by atoms with Crippen molar-refractivity contribution in [3.8, 4) is 0 Å². The minimum atomic E-state index is -0.354. The molecule has 6 heteroatoms. The molecule has 0 aromatic carbocycles. The van der Waals surface area contributed by atoms with Gasteiger partial charge in [-0.05, 0) is 0 Å². The lowest BCUT2D eigenvalue weighted by molar-refractivity contribution is -0.129. The van der Waals surface area contributed by atoms with Gasteiger partial charge in [-0.25, -0.2) is 9.97 Å². The van der Waals surface area contributed by atoms with Crippen LogP contribution in [0.4, 0.5) is 5.82 Å². The van der Waals surface area contributed by atoms with Gasteiger partial charge in [0.15, 0.2) is 5.82 Å². The number of halogens is 1. The standard InChI is InChI=1S/C12H17ClN4O/c1-12(2,3)11(18)16-8-5-17(6-8)10-9(13)4-14-7-15-10/h4,7-8H,5-6H2,1-3H3,(H,16,18). The fraction of sp³-hybridized carbons (Fsp3) is 0.583. The van der Waals surface area contributed by atoms with E-state index in [2.05, 4.69) is 15.3 Å². The number of nitrogens with zero attached hydrogens (tertiary/aromatic N) is 3. The number of nitrogens with one attached hydrogen (secondary N) is 1. The molecule has 0 aliphatic carbocycles. The maximum atomic E-state index is 11.8. The number of carbonyl (C=O) groups is 1. The van der Waals surface area contributed by atoms with Crippen molar-refractivity contribution < 1.29 is 4.79 Å². The number of anilines is 1. The predicted molar refractivity (Wildman–Crippen MR) is 70.6 cm³/mol. The lowest BCUT2D eigenvalue weighted by atomic mass is 9.94. The Balaban J connectivity index is 1.88. The molecule has 1 amide bonds. The lowest BCUT2D eigenvalue weighted by Crippen LogP contribution is -2.61. The van der Waals surface area contributed by atoms with Gasteiger partial charge in [0.1, 0.15) is 11.3 Å². The first kappa shape index (κ1) is 13.1. The van der Waals surface area contributed by atoms with Gasteiger partial charge in [0.2, 0.25) is 5.91 Å². The van der Waals surface area contributed by atoms with E-state index in [9.17, 15) is 4.79 Å². The van der Waals surface area contributed by atoms with Crippen molar-refractivity contribution in [3.05, 3.63) is 17.5 Å². The molecule has 1 aliphatic rings. The fourth-order valence-corrected chi connectivity index (χ4v) is 1.91. The molecule has 1 fully saturated rings. The first-order valence-electron chi connectivity index (χ1n) is 5.89. The monoisotopic (exact) mass is 268 g/mol. The van der Waals surface area contributed by atoms with Gasteiger partial charge in [0.25, 0.3) is 0 Å². The summed E-state index contributed by atoms with van der Waals surface area (Å²) in [6.45, 7) is 7.18. The number of aromatic nitrogens is 2. The molecule has 0 saturated carbocycles. The number of hydrogen-bond donors (Lipinski definition) is 1. The fourth-order valence-electron chi connectivity index (χ4n) is 1.68. The third kappa shape index (κ3) is 2.72. The Bertz CT molecular complexity index is 452. The van der Waals surface area contributed by atoms with Gasteiger partial charge in [0.05, 0.1) is 12.2 Å². The first-order chi connectivity index (χ1) is 8.38. The van der Waals surface area contributed by atoms with Crippen LogP contribution in [0.3, 0.4) is 0 Å². The summed E-state index contributed by atoms with van der Waals surface area (Å²) >= 11 is 6.00. The Hall–Kier alpha value is -1.36. The van der Waals surface area contributed by atoms with Crippen molar-refractivity contribution in [2.75, 3.05) is 18.0 Å². The molecule has 18 heavy (non-hydrogen) atoms. The zero-order chi connectivity index (χ0) is 13.3. The highest BCUT2D eigenvalue weighted by Gasteiger charge is 2.32. The SMILES string of the molecule is CC(C)(C)C(=O)NC1CN(c2ncncc2Cl)C1. The van der Waals surface area contributed by atoms with E-state index >= 15 is 0 Å². The third-order valence-electron chi connectivity index (χ3n) is 2.85. The Kier molecular flexibility index (Phi) is 3.43. The highest BCUT2D eigenvalue weighted by Crippen LogP contribution is 2.26. The largest absolute Gasteiger partial charge is 0.351 e. The van der Waals surface area contributed by atoms with Crippen LogP contribution in [0.2, 0.25) is 5.02 Å². The van der Waals surface area contributed by atoms with E-state index in [0.717, 1.165) is 18.9 Å². The van der Waals surface area contributed by atoms with E-state index < -0.39 is 0 Å². The molecule has 5 nitrogen and oxygen atoms in total. The summed E-state index contributed by atoms with van der Waals surface area (Å²) in [5.41, 5.74) is -0.354. The van der Waals surface area contributed by atoms with E-state index in [0.29, 0.717) is 5.02 Å². The van der Waals surface area contributed by atoms with Crippen LogP contribution in [0.5, 0.6) is 0 Å². The smallest absolute Gasteiger partial charge is 0.225 e. The van der Waals surface area contributed by atoms with Crippen LogP contribution in [0.25, 0.3) is 0 Å². The van der Waals surface area contributed by atoms with Crippen LogP contribution in [-0.2, 0) is 4.79 Å². The lowest BCUT2D eigenvalue weighted by Gasteiger charge is -2.41. The molecule has 98 valence electrons. The van der Waals surface area contributed by atoms with E-state index in [1.165, 1.54) is 6.33 Å². The molecule has 0 bridgehead atoms. The van der Waals surface area contributed by atoms with E-state index in [4.69, 9.17) is 11.6 Å². The number of rotatable bonds is 2. The van der Waals surface area contributed by atoms with Gasteiger partial charge in [-0.1, -0.05) is 32.4 Å². The van der Waals surface area contributed by atoms with Gasteiger partial charge in [-0.2, -0.15) is 0 Å². The van der Waals surface area contributed by atoms with Crippen molar-refractivity contribution >= 4 is 23.3 Å². The highest BCUT2D eigenvalue weighted by atomic mass is 35.5. The molecular weight excluding hydrogens is 252 g/mol. The molecule has 0 unspecified atom stereocenters. The highest BCUT2D eigenvalue weighted by molar-refractivity contribution is 6.32. The van der Waals surface area contributed by atoms with Crippen LogP contribution in [-0.4, -0.2) is 35.0 Å². The van der Waals surface area contributed by atoms with Crippen LogP contribution in [0.15, 0.2) is 12.5 Å². The quantitative estimate of drug-likeness (QED) is 0.883. The summed E-state index contributed by atoms with van der Waals surface area (Å²) < 4.78 is 0. The van der Waals surface area contributed by atoms with E-state index in [-0.39, 0.29) is 17.4 Å². The summed E-state index contributed by atoms with van der Waals surface area (Å²) in [4.78, 5) is 21.8. The predicted octanol–water partition coefficient (Wildman–Crippen LogP) is 1.48. The zero-order valence-corrected chi connectivity index (χ0v) is 11.5. The van der Waals surface area contributed by atoms with Crippen molar-refractivity contribution in [2.24, 2.45) is 5.41 Å². The maximum Gasteiger partial charge on any atom is 0.225 e. The molecule has 0 atom stereocenters. The Morgan fingerprint density at radius 3 is 2.72 bits per heavy atom. The molecule has 0 spiro atoms. The molecule has 0 radical (unpaired) electrons. The van der Waals surface area contributed by atoms with E-state index in [1.54, 1.807) is 6.20 Å². The Morgan fingerprint density at radius 1 is 1.50 bits per heavy atom. The zero-order valence-electron chi connectivity index (χ0n) is 10.8. The van der Waals surface area contributed by atoms with Gasteiger partial charge >= 0.3 is 0 Å². The average molecular weight is 269 g/mol.